The Bertz CT molecular complexity index is 458. The van der Waals surface area contributed by atoms with E-state index in [9.17, 15) is 9.70 Å². The second-order valence-corrected chi connectivity index (χ2v) is 3.49. The van der Waals surface area contributed by atoms with Gasteiger partial charge in [0.25, 0.3) is 0 Å². The Morgan fingerprint density at radius 2 is 1.94 bits per heavy atom. The van der Waals surface area contributed by atoms with E-state index < -0.39 is 0 Å². The molecule has 0 heterocycles. The number of ketones is 1. The molecule has 0 fully saturated rings. The fraction of sp³-hybridized carbons (Fsp3) is 0.214. The van der Waals surface area contributed by atoms with E-state index in [4.69, 9.17) is 0 Å². The van der Waals surface area contributed by atoms with Crippen LogP contribution >= 0.6 is 0 Å². The van der Waals surface area contributed by atoms with Crippen molar-refractivity contribution in [1.82, 2.24) is 0 Å². The minimum atomic E-state index is -0.167. The molecule has 3 nitrogen and oxygen atoms in total. The molecule has 0 unspecified atom stereocenters. The van der Waals surface area contributed by atoms with E-state index in [1.807, 2.05) is 13.0 Å². The Hall–Kier alpha value is -2.03. The standard InChI is InChI=1S/C14H15NO2/c1-3-8-12(13(4-2)15-17)14(16)11-9-6-5-7-10-11/h4-10H,3H2,1-2H3/b12-8+,13-4+. The number of carbonyl (C=O) groups excluding carboxylic acids is 1. The summed E-state index contributed by atoms with van der Waals surface area (Å²) in [6.07, 6.45) is 3.96. The molecule has 0 N–H and O–H groups in total. The molecule has 0 amide bonds. The first kappa shape index (κ1) is 13.0. The Balaban J connectivity index is 3.14. The summed E-state index contributed by atoms with van der Waals surface area (Å²) < 4.78 is 0. The van der Waals surface area contributed by atoms with Crippen LogP contribution in [0.25, 0.3) is 0 Å². The van der Waals surface area contributed by atoms with Crippen LogP contribution in [0.5, 0.6) is 0 Å². The van der Waals surface area contributed by atoms with Gasteiger partial charge < -0.3 is 0 Å². The van der Waals surface area contributed by atoms with Crippen LogP contribution in [0, 0.1) is 4.91 Å². The summed E-state index contributed by atoms with van der Waals surface area (Å²) in [7, 11) is 0. The highest BCUT2D eigenvalue weighted by atomic mass is 16.3. The minimum absolute atomic E-state index is 0.167. The first-order chi connectivity index (χ1) is 8.24. The van der Waals surface area contributed by atoms with Crippen molar-refractivity contribution >= 4 is 5.78 Å². The number of nitrogens with zero attached hydrogens (tertiary/aromatic N) is 1. The van der Waals surface area contributed by atoms with Gasteiger partial charge in [-0.05, 0) is 18.5 Å². The number of carbonyl (C=O) groups is 1. The third-order valence-corrected chi connectivity index (χ3v) is 2.34. The molecule has 3 heteroatoms. The van der Waals surface area contributed by atoms with E-state index >= 15 is 0 Å². The normalized spacial score (nSPS) is 12.4. The average molecular weight is 229 g/mol. The molecule has 0 atom stereocenters. The van der Waals surface area contributed by atoms with E-state index in [1.54, 1.807) is 43.3 Å². The molecule has 0 saturated heterocycles. The maximum Gasteiger partial charge on any atom is 0.194 e. The van der Waals surface area contributed by atoms with Gasteiger partial charge in [0.2, 0.25) is 0 Å². The van der Waals surface area contributed by atoms with Crippen molar-refractivity contribution in [2.75, 3.05) is 0 Å². The van der Waals surface area contributed by atoms with E-state index in [0.29, 0.717) is 17.6 Å². The molecule has 1 rings (SSSR count). The Kier molecular flexibility index (Phi) is 5.01. The van der Waals surface area contributed by atoms with Crippen molar-refractivity contribution in [3.63, 3.8) is 0 Å². The molecule has 0 radical (unpaired) electrons. The van der Waals surface area contributed by atoms with Crippen LogP contribution in [0.1, 0.15) is 30.6 Å². The predicted molar refractivity (Wildman–Crippen MR) is 68.7 cm³/mol. The van der Waals surface area contributed by atoms with Crippen molar-refractivity contribution < 1.29 is 4.79 Å². The van der Waals surface area contributed by atoms with Gasteiger partial charge >= 0.3 is 0 Å². The first-order valence-electron chi connectivity index (χ1n) is 5.54. The zero-order valence-electron chi connectivity index (χ0n) is 10.0. The lowest BCUT2D eigenvalue weighted by molar-refractivity contribution is 0.103. The minimum Gasteiger partial charge on any atom is -0.289 e. The van der Waals surface area contributed by atoms with E-state index in [1.165, 1.54) is 0 Å². The number of hydrogen-bond acceptors (Lipinski definition) is 3. The zero-order chi connectivity index (χ0) is 12.7. The van der Waals surface area contributed by atoms with Crippen molar-refractivity contribution in [3.05, 3.63) is 64.2 Å². The van der Waals surface area contributed by atoms with Crippen molar-refractivity contribution in [3.8, 4) is 0 Å². The quantitative estimate of drug-likeness (QED) is 0.333. The van der Waals surface area contributed by atoms with Gasteiger partial charge in [-0.15, -0.1) is 4.91 Å². The van der Waals surface area contributed by atoms with Gasteiger partial charge in [0.1, 0.15) is 5.70 Å². The van der Waals surface area contributed by atoms with Crippen LogP contribution in [-0.4, -0.2) is 5.78 Å². The highest BCUT2D eigenvalue weighted by Gasteiger charge is 2.15. The highest BCUT2D eigenvalue weighted by molar-refractivity contribution is 6.11. The summed E-state index contributed by atoms with van der Waals surface area (Å²) in [4.78, 5) is 22.9. The summed E-state index contributed by atoms with van der Waals surface area (Å²) in [5.74, 6) is -0.167. The van der Waals surface area contributed by atoms with E-state index in [0.717, 1.165) is 0 Å². The summed E-state index contributed by atoms with van der Waals surface area (Å²) in [5.41, 5.74) is 1.13. The van der Waals surface area contributed by atoms with Crippen molar-refractivity contribution in [2.24, 2.45) is 5.18 Å². The van der Waals surface area contributed by atoms with Crippen LogP contribution in [0.4, 0.5) is 0 Å². The summed E-state index contributed by atoms with van der Waals surface area (Å²) in [6.45, 7) is 3.61. The van der Waals surface area contributed by atoms with Gasteiger partial charge in [-0.25, -0.2) is 0 Å². The average Bonchev–Trinajstić information content (AvgIpc) is 2.39. The molecule has 0 aliphatic rings. The lowest BCUT2D eigenvalue weighted by Crippen LogP contribution is -2.05. The third kappa shape index (κ3) is 3.21. The van der Waals surface area contributed by atoms with Crippen molar-refractivity contribution in [1.29, 1.82) is 0 Å². The predicted octanol–water partition coefficient (Wildman–Crippen LogP) is 3.88. The number of allylic oxidation sites excluding steroid dienone is 3. The zero-order valence-corrected chi connectivity index (χ0v) is 10.0. The SMILES string of the molecule is C/C=C(N=O)\C(=C/CC)C(=O)c1ccccc1. The number of Topliss-reactive ketones (excluding diaryl/α,β-unsaturated/α-hetero) is 1. The number of hydrogen-bond donors (Lipinski definition) is 0. The summed E-state index contributed by atoms with van der Waals surface area (Å²) in [5, 5.41) is 2.89. The van der Waals surface area contributed by atoms with Crippen LogP contribution in [0.2, 0.25) is 0 Å². The lowest BCUT2D eigenvalue weighted by Gasteiger charge is -2.04. The molecule has 0 aliphatic heterocycles. The van der Waals surface area contributed by atoms with Gasteiger partial charge in [0, 0.05) is 11.1 Å². The van der Waals surface area contributed by atoms with Crippen LogP contribution < -0.4 is 0 Å². The van der Waals surface area contributed by atoms with Gasteiger partial charge in [-0.2, -0.15) is 0 Å². The Morgan fingerprint density at radius 1 is 1.29 bits per heavy atom. The maximum atomic E-state index is 12.2. The van der Waals surface area contributed by atoms with Crippen LogP contribution in [-0.2, 0) is 0 Å². The van der Waals surface area contributed by atoms with Gasteiger partial charge in [-0.1, -0.05) is 49.4 Å². The Morgan fingerprint density at radius 3 is 2.41 bits per heavy atom. The molecule has 17 heavy (non-hydrogen) atoms. The smallest absolute Gasteiger partial charge is 0.194 e. The third-order valence-electron chi connectivity index (χ3n) is 2.34. The van der Waals surface area contributed by atoms with Gasteiger partial charge in [-0.3, -0.25) is 4.79 Å². The second kappa shape index (κ2) is 6.53. The molecular formula is C14H15NO2. The topological polar surface area (TPSA) is 46.5 Å². The number of rotatable bonds is 5. The highest BCUT2D eigenvalue weighted by Crippen LogP contribution is 2.18. The molecular weight excluding hydrogens is 214 g/mol. The summed E-state index contributed by atoms with van der Waals surface area (Å²) >= 11 is 0. The fourth-order valence-electron chi connectivity index (χ4n) is 1.52. The molecule has 0 bridgehead atoms. The van der Waals surface area contributed by atoms with Crippen molar-refractivity contribution in [2.45, 2.75) is 20.3 Å². The monoisotopic (exact) mass is 229 g/mol. The molecule has 1 aromatic carbocycles. The number of nitroso groups, excluding NO2 is 1. The molecule has 0 spiro atoms. The Labute approximate surface area is 101 Å². The lowest BCUT2D eigenvalue weighted by atomic mass is 10.00. The largest absolute Gasteiger partial charge is 0.289 e. The van der Waals surface area contributed by atoms with Crippen LogP contribution in [0.15, 0.2) is 58.9 Å². The maximum absolute atomic E-state index is 12.2. The van der Waals surface area contributed by atoms with E-state index in [-0.39, 0.29) is 11.5 Å². The summed E-state index contributed by atoms with van der Waals surface area (Å²) in [6, 6.07) is 8.88. The van der Waals surface area contributed by atoms with Crippen LogP contribution in [0.3, 0.4) is 0 Å². The van der Waals surface area contributed by atoms with E-state index in [2.05, 4.69) is 5.18 Å². The van der Waals surface area contributed by atoms with Gasteiger partial charge in [0.15, 0.2) is 5.78 Å². The first-order valence-corrected chi connectivity index (χ1v) is 5.54. The molecule has 0 aliphatic carbocycles. The molecule has 0 saturated carbocycles. The molecule has 1 aromatic rings. The van der Waals surface area contributed by atoms with Gasteiger partial charge in [0.05, 0.1) is 0 Å². The fourth-order valence-corrected chi connectivity index (χ4v) is 1.52. The number of benzene rings is 1. The second-order valence-electron chi connectivity index (χ2n) is 3.49. The molecule has 88 valence electrons. The molecule has 0 aromatic heterocycles.